The third-order valence-corrected chi connectivity index (χ3v) is 4.28. The maximum Gasteiger partial charge on any atom is 0.319 e. The number of urea groups is 1. The Hall–Kier alpha value is -3.67. The molecule has 0 unspecified atom stereocenters. The second-order valence-electron chi connectivity index (χ2n) is 6.40. The molecule has 0 heterocycles. The first kappa shape index (κ1) is 20.1. The summed E-state index contributed by atoms with van der Waals surface area (Å²) < 4.78 is 13.3. The summed E-state index contributed by atoms with van der Waals surface area (Å²) >= 11 is 0. The molecule has 0 spiro atoms. The van der Waals surface area contributed by atoms with Crippen LogP contribution in [0.5, 0.6) is 0 Å². The van der Waals surface area contributed by atoms with Crippen molar-refractivity contribution >= 4 is 23.3 Å². The molecule has 0 radical (unpaired) electrons. The van der Waals surface area contributed by atoms with Gasteiger partial charge in [-0.3, -0.25) is 4.79 Å². The fourth-order valence-electron chi connectivity index (χ4n) is 2.84. The molecule has 0 saturated heterocycles. The van der Waals surface area contributed by atoms with Crippen molar-refractivity contribution in [1.29, 1.82) is 0 Å². The van der Waals surface area contributed by atoms with Crippen LogP contribution in [-0.2, 0) is 0 Å². The molecule has 0 aromatic heterocycles. The van der Waals surface area contributed by atoms with E-state index >= 15 is 0 Å². The summed E-state index contributed by atoms with van der Waals surface area (Å²) in [6.07, 6.45) is 0.540. The lowest BCUT2D eigenvalue weighted by molar-refractivity contribution is 0.0986. The number of nitrogens with one attached hydrogen (secondary N) is 2. The summed E-state index contributed by atoms with van der Waals surface area (Å²) in [5.74, 6) is -0.536. The smallest absolute Gasteiger partial charge is 0.319 e. The van der Waals surface area contributed by atoms with Gasteiger partial charge in [0.25, 0.3) is 5.91 Å². The van der Waals surface area contributed by atoms with Crippen LogP contribution in [0.15, 0.2) is 84.9 Å². The van der Waals surface area contributed by atoms with Gasteiger partial charge in [-0.05, 0) is 55.0 Å². The minimum Gasteiger partial charge on any atom is -0.338 e. The maximum absolute atomic E-state index is 13.3. The Kier molecular flexibility index (Phi) is 6.95. The average molecular weight is 391 g/mol. The highest BCUT2D eigenvalue weighted by atomic mass is 19.1. The normalized spacial score (nSPS) is 10.2. The molecule has 0 aliphatic carbocycles. The van der Waals surface area contributed by atoms with Crippen molar-refractivity contribution in [3.63, 3.8) is 0 Å². The summed E-state index contributed by atoms with van der Waals surface area (Å²) in [5.41, 5.74) is 1.86. The fourth-order valence-corrected chi connectivity index (χ4v) is 2.84. The van der Waals surface area contributed by atoms with E-state index in [1.54, 1.807) is 53.4 Å². The second kappa shape index (κ2) is 10.0. The Bertz CT molecular complexity index is 931. The molecule has 3 aromatic rings. The number of hydrogen-bond acceptors (Lipinski definition) is 2. The lowest BCUT2D eigenvalue weighted by Gasteiger charge is -2.23. The second-order valence-corrected chi connectivity index (χ2v) is 6.40. The molecule has 3 amide bonds. The van der Waals surface area contributed by atoms with Crippen molar-refractivity contribution in [2.75, 3.05) is 23.3 Å². The van der Waals surface area contributed by atoms with Gasteiger partial charge in [0.2, 0.25) is 0 Å². The molecule has 6 heteroatoms. The lowest BCUT2D eigenvalue weighted by atomic mass is 10.1. The third kappa shape index (κ3) is 5.90. The van der Waals surface area contributed by atoms with Crippen LogP contribution < -0.4 is 15.5 Å². The van der Waals surface area contributed by atoms with Crippen molar-refractivity contribution in [2.24, 2.45) is 0 Å². The fraction of sp³-hybridized carbons (Fsp3) is 0.130. The Labute approximate surface area is 169 Å². The van der Waals surface area contributed by atoms with Crippen molar-refractivity contribution in [1.82, 2.24) is 5.32 Å². The Morgan fingerprint density at radius 1 is 0.828 bits per heavy atom. The van der Waals surface area contributed by atoms with E-state index in [2.05, 4.69) is 10.6 Å². The van der Waals surface area contributed by atoms with Crippen LogP contribution in [0.1, 0.15) is 16.8 Å². The molecule has 3 aromatic carbocycles. The first-order chi connectivity index (χ1) is 14.1. The van der Waals surface area contributed by atoms with Crippen molar-refractivity contribution in [3.8, 4) is 0 Å². The molecule has 3 rings (SSSR count). The van der Waals surface area contributed by atoms with Gasteiger partial charge in [0.1, 0.15) is 5.82 Å². The zero-order valence-electron chi connectivity index (χ0n) is 15.8. The zero-order chi connectivity index (χ0) is 20.5. The Morgan fingerprint density at radius 2 is 1.45 bits per heavy atom. The van der Waals surface area contributed by atoms with E-state index in [0.29, 0.717) is 36.4 Å². The topological polar surface area (TPSA) is 61.4 Å². The van der Waals surface area contributed by atoms with Crippen LogP contribution in [0.4, 0.5) is 20.6 Å². The summed E-state index contributed by atoms with van der Waals surface area (Å²) in [7, 11) is 0. The van der Waals surface area contributed by atoms with Crippen LogP contribution in [-0.4, -0.2) is 25.0 Å². The van der Waals surface area contributed by atoms with Crippen molar-refractivity contribution in [3.05, 3.63) is 96.3 Å². The molecular weight excluding hydrogens is 369 g/mol. The van der Waals surface area contributed by atoms with Crippen LogP contribution in [0.2, 0.25) is 0 Å². The number of carbonyl (C=O) groups is 2. The molecule has 0 saturated carbocycles. The SMILES string of the molecule is O=C(NCCCN(C(=O)c1ccccc1)c1ccc(F)cc1)Nc1ccccc1. The van der Waals surface area contributed by atoms with Crippen LogP contribution in [0, 0.1) is 5.82 Å². The van der Waals surface area contributed by atoms with Crippen LogP contribution in [0.25, 0.3) is 0 Å². The molecule has 148 valence electrons. The molecule has 2 N–H and O–H groups in total. The molecule has 0 atom stereocenters. The van der Waals surface area contributed by atoms with E-state index in [1.807, 2.05) is 24.3 Å². The highest BCUT2D eigenvalue weighted by molar-refractivity contribution is 6.06. The summed E-state index contributed by atoms with van der Waals surface area (Å²) in [6, 6.07) is 23.6. The van der Waals surface area contributed by atoms with E-state index < -0.39 is 0 Å². The number of benzene rings is 3. The number of anilines is 2. The van der Waals surface area contributed by atoms with Gasteiger partial charge in [0, 0.05) is 30.0 Å². The maximum atomic E-state index is 13.3. The summed E-state index contributed by atoms with van der Waals surface area (Å²) in [5, 5.41) is 5.52. The average Bonchev–Trinajstić information content (AvgIpc) is 2.75. The van der Waals surface area contributed by atoms with Crippen molar-refractivity contribution < 1.29 is 14.0 Å². The van der Waals surface area contributed by atoms with Gasteiger partial charge in [-0.15, -0.1) is 0 Å². The van der Waals surface area contributed by atoms with Crippen LogP contribution >= 0.6 is 0 Å². The highest BCUT2D eigenvalue weighted by Gasteiger charge is 2.17. The monoisotopic (exact) mass is 391 g/mol. The standard InChI is InChI=1S/C23H22FN3O2/c24-19-12-14-21(15-13-19)27(22(28)18-8-3-1-4-9-18)17-7-16-25-23(29)26-20-10-5-2-6-11-20/h1-6,8-15H,7,16-17H2,(H2,25,26,29). The minimum atomic E-state index is -0.361. The van der Waals surface area contributed by atoms with Gasteiger partial charge in [-0.1, -0.05) is 36.4 Å². The van der Waals surface area contributed by atoms with Crippen molar-refractivity contribution in [2.45, 2.75) is 6.42 Å². The minimum absolute atomic E-state index is 0.175. The molecule has 0 aliphatic heterocycles. The number of carbonyl (C=O) groups excluding carboxylic acids is 2. The largest absolute Gasteiger partial charge is 0.338 e. The van der Waals surface area contributed by atoms with E-state index in [1.165, 1.54) is 12.1 Å². The quantitative estimate of drug-likeness (QED) is 0.574. The summed E-state index contributed by atoms with van der Waals surface area (Å²) in [6.45, 7) is 0.767. The zero-order valence-corrected chi connectivity index (χ0v) is 15.8. The number of rotatable bonds is 7. The summed E-state index contributed by atoms with van der Waals surface area (Å²) in [4.78, 5) is 26.5. The van der Waals surface area contributed by atoms with Gasteiger partial charge >= 0.3 is 6.03 Å². The number of halogens is 1. The first-order valence-corrected chi connectivity index (χ1v) is 9.36. The number of hydrogen-bond donors (Lipinski definition) is 2. The van der Waals surface area contributed by atoms with Crippen LogP contribution in [0.3, 0.4) is 0 Å². The molecule has 29 heavy (non-hydrogen) atoms. The first-order valence-electron chi connectivity index (χ1n) is 9.36. The molecule has 0 bridgehead atoms. The van der Waals surface area contributed by atoms with Gasteiger partial charge in [-0.25, -0.2) is 9.18 Å². The molecular formula is C23H22FN3O2. The van der Waals surface area contributed by atoms with E-state index in [0.717, 1.165) is 0 Å². The number of amides is 3. The lowest BCUT2D eigenvalue weighted by Crippen LogP contribution is -2.35. The predicted octanol–water partition coefficient (Wildman–Crippen LogP) is 4.68. The third-order valence-electron chi connectivity index (χ3n) is 4.28. The molecule has 0 fully saturated rings. The van der Waals surface area contributed by atoms with Gasteiger partial charge in [0.05, 0.1) is 0 Å². The molecule has 5 nitrogen and oxygen atoms in total. The van der Waals surface area contributed by atoms with E-state index in [-0.39, 0.29) is 17.8 Å². The van der Waals surface area contributed by atoms with E-state index in [9.17, 15) is 14.0 Å². The highest BCUT2D eigenvalue weighted by Crippen LogP contribution is 2.18. The van der Waals surface area contributed by atoms with E-state index in [4.69, 9.17) is 0 Å². The Balaban J connectivity index is 1.59. The number of para-hydroxylation sites is 1. The van der Waals surface area contributed by atoms with Gasteiger partial charge < -0.3 is 15.5 Å². The number of nitrogens with zero attached hydrogens (tertiary/aromatic N) is 1. The Morgan fingerprint density at radius 3 is 2.10 bits per heavy atom. The van der Waals surface area contributed by atoms with Gasteiger partial charge in [-0.2, -0.15) is 0 Å². The predicted molar refractivity (Wildman–Crippen MR) is 113 cm³/mol. The van der Waals surface area contributed by atoms with Gasteiger partial charge in [0.15, 0.2) is 0 Å². The molecule has 0 aliphatic rings.